The molecular formula is C16H14F4N2O6S2. The number of nitrogens with one attached hydrogen (secondary N) is 1. The number of benzene rings is 1. The van der Waals surface area contributed by atoms with Crippen molar-refractivity contribution in [3.8, 4) is 5.75 Å². The Bertz CT molecular complexity index is 1100. The molecule has 0 aliphatic carbocycles. The highest BCUT2D eigenvalue weighted by Crippen LogP contribution is 2.36. The molecule has 1 aromatic carbocycles. The third-order valence-corrected chi connectivity index (χ3v) is 6.76. The predicted molar refractivity (Wildman–Crippen MR) is 96.3 cm³/mol. The molecule has 2 aromatic rings. The second kappa shape index (κ2) is 7.85. The molecule has 1 heterocycles. The number of nitrogens with two attached hydrogens (primary N) is 1. The molecule has 14 heteroatoms. The lowest BCUT2D eigenvalue weighted by Crippen LogP contribution is -2.36. The molecule has 0 radical (unpaired) electrons. The standard InChI is InChI=1S/C16H14F4N2O6S2/c1-15(2,25)14(24)22-13-8(12(21)23)6-11(29-13)30(26,27)10-4-3-7(5-9(10)17)28-16(18,19)20/h3-6,25H,1-2H3,(H2,21,23)(H,22,24). The second-order valence-corrected chi connectivity index (χ2v) is 9.53. The van der Waals surface area contributed by atoms with E-state index in [1.807, 2.05) is 0 Å². The number of ether oxygens (including phenoxy) is 1. The van der Waals surface area contributed by atoms with Gasteiger partial charge in [0.1, 0.15) is 31.3 Å². The lowest BCUT2D eigenvalue weighted by Gasteiger charge is -2.16. The molecule has 0 bridgehead atoms. The number of halogens is 4. The van der Waals surface area contributed by atoms with E-state index in [0.29, 0.717) is 23.5 Å². The number of rotatable bonds is 6. The minimum absolute atomic E-state index is 0.236. The molecule has 4 N–H and O–H groups in total. The molecule has 0 saturated carbocycles. The Hall–Kier alpha value is -2.71. The molecule has 0 atom stereocenters. The topological polar surface area (TPSA) is 136 Å². The lowest BCUT2D eigenvalue weighted by molar-refractivity contribution is -0.274. The van der Waals surface area contributed by atoms with Crippen molar-refractivity contribution in [3.63, 3.8) is 0 Å². The van der Waals surface area contributed by atoms with Gasteiger partial charge in [-0.3, -0.25) is 9.59 Å². The Morgan fingerprint density at radius 3 is 2.27 bits per heavy atom. The van der Waals surface area contributed by atoms with Gasteiger partial charge in [-0.15, -0.1) is 24.5 Å². The molecule has 0 aliphatic heterocycles. The largest absolute Gasteiger partial charge is 0.573 e. The summed E-state index contributed by atoms with van der Waals surface area (Å²) in [5.74, 6) is -4.60. The molecule has 2 rings (SSSR count). The van der Waals surface area contributed by atoms with Gasteiger partial charge in [-0.1, -0.05) is 0 Å². The Kier molecular flexibility index (Phi) is 6.16. The molecular weight excluding hydrogens is 456 g/mol. The Labute approximate surface area is 171 Å². The summed E-state index contributed by atoms with van der Waals surface area (Å²) in [5, 5.41) is 11.5. The first-order valence-electron chi connectivity index (χ1n) is 7.80. The smallest absolute Gasteiger partial charge is 0.406 e. The van der Waals surface area contributed by atoms with Gasteiger partial charge in [0.15, 0.2) is 0 Å². The fourth-order valence-corrected chi connectivity index (χ4v) is 4.84. The average molecular weight is 470 g/mol. The zero-order valence-corrected chi connectivity index (χ0v) is 16.8. The van der Waals surface area contributed by atoms with Gasteiger partial charge < -0.3 is 20.9 Å². The Morgan fingerprint density at radius 1 is 1.20 bits per heavy atom. The van der Waals surface area contributed by atoms with Crippen LogP contribution >= 0.6 is 11.3 Å². The van der Waals surface area contributed by atoms with E-state index in [1.165, 1.54) is 0 Å². The van der Waals surface area contributed by atoms with E-state index in [1.54, 1.807) is 0 Å². The SMILES string of the molecule is CC(C)(O)C(=O)Nc1sc(S(=O)(=O)c2ccc(OC(F)(F)F)cc2F)cc1C(N)=O. The van der Waals surface area contributed by atoms with Gasteiger partial charge in [0.05, 0.1) is 5.56 Å². The number of anilines is 1. The first-order chi connectivity index (χ1) is 13.5. The van der Waals surface area contributed by atoms with E-state index < -0.39 is 59.8 Å². The number of carbonyl (C=O) groups is 2. The molecule has 0 spiro atoms. The minimum atomic E-state index is -5.11. The molecule has 0 fully saturated rings. The van der Waals surface area contributed by atoms with Crippen molar-refractivity contribution in [2.75, 3.05) is 5.32 Å². The van der Waals surface area contributed by atoms with Crippen LogP contribution in [0, 0.1) is 5.82 Å². The van der Waals surface area contributed by atoms with Gasteiger partial charge in [-0.05, 0) is 32.0 Å². The van der Waals surface area contributed by atoms with Crippen LogP contribution in [0.25, 0.3) is 0 Å². The summed E-state index contributed by atoms with van der Waals surface area (Å²) >= 11 is 0.347. The van der Waals surface area contributed by atoms with Crippen LogP contribution in [0.3, 0.4) is 0 Å². The number of sulfone groups is 1. The summed E-state index contributed by atoms with van der Waals surface area (Å²) in [7, 11) is -4.65. The highest BCUT2D eigenvalue weighted by atomic mass is 32.2. The monoisotopic (exact) mass is 470 g/mol. The molecule has 30 heavy (non-hydrogen) atoms. The van der Waals surface area contributed by atoms with E-state index in [2.05, 4.69) is 10.1 Å². The van der Waals surface area contributed by atoms with Crippen LogP contribution in [-0.4, -0.2) is 37.3 Å². The van der Waals surface area contributed by atoms with Gasteiger partial charge in [0.25, 0.3) is 11.8 Å². The highest BCUT2D eigenvalue weighted by molar-refractivity contribution is 7.93. The number of hydrogen-bond donors (Lipinski definition) is 3. The highest BCUT2D eigenvalue weighted by Gasteiger charge is 2.33. The van der Waals surface area contributed by atoms with E-state index >= 15 is 0 Å². The Balaban J connectivity index is 2.49. The molecule has 0 saturated heterocycles. The van der Waals surface area contributed by atoms with E-state index in [9.17, 15) is 40.7 Å². The number of thiophene rings is 1. The molecule has 164 valence electrons. The van der Waals surface area contributed by atoms with E-state index in [4.69, 9.17) is 5.73 Å². The number of hydrogen-bond acceptors (Lipinski definition) is 7. The van der Waals surface area contributed by atoms with E-state index in [0.717, 1.165) is 19.9 Å². The van der Waals surface area contributed by atoms with Crippen molar-refractivity contribution in [2.24, 2.45) is 5.73 Å². The predicted octanol–water partition coefficient (Wildman–Crippen LogP) is 2.43. The third kappa shape index (κ3) is 5.25. The number of primary amides is 1. The normalized spacial score (nSPS) is 12.5. The maximum absolute atomic E-state index is 14.2. The molecule has 2 amide bonds. The van der Waals surface area contributed by atoms with Crippen molar-refractivity contribution in [1.82, 2.24) is 0 Å². The fraction of sp³-hybridized carbons (Fsp3) is 0.250. The summed E-state index contributed by atoms with van der Waals surface area (Å²) in [6, 6.07) is 2.18. The minimum Gasteiger partial charge on any atom is -0.406 e. The van der Waals surface area contributed by atoms with Crippen LogP contribution < -0.4 is 15.8 Å². The summed E-state index contributed by atoms with van der Waals surface area (Å²) in [4.78, 5) is 22.5. The molecule has 0 aliphatic rings. The van der Waals surface area contributed by atoms with Crippen LogP contribution in [0.4, 0.5) is 22.6 Å². The summed E-state index contributed by atoms with van der Waals surface area (Å²) in [5.41, 5.74) is 2.87. The van der Waals surface area contributed by atoms with Gasteiger partial charge in [-0.25, -0.2) is 12.8 Å². The van der Waals surface area contributed by atoms with Gasteiger partial charge in [0, 0.05) is 6.07 Å². The second-order valence-electron chi connectivity index (χ2n) is 6.33. The number of amides is 2. The molecule has 1 aromatic heterocycles. The maximum Gasteiger partial charge on any atom is 0.573 e. The quantitative estimate of drug-likeness (QED) is 0.555. The van der Waals surface area contributed by atoms with Crippen LogP contribution in [0.1, 0.15) is 24.2 Å². The van der Waals surface area contributed by atoms with Crippen molar-refractivity contribution in [1.29, 1.82) is 0 Å². The van der Waals surface area contributed by atoms with Crippen LogP contribution in [0.5, 0.6) is 5.75 Å². The van der Waals surface area contributed by atoms with Crippen LogP contribution in [0.2, 0.25) is 0 Å². The van der Waals surface area contributed by atoms with E-state index in [-0.39, 0.29) is 11.1 Å². The van der Waals surface area contributed by atoms with Crippen molar-refractivity contribution >= 4 is 38.0 Å². The molecule has 8 nitrogen and oxygen atoms in total. The third-order valence-electron chi connectivity index (χ3n) is 3.45. The van der Waals surface area contributed by atoms with Gasteiger partial charge in [-0.2, -0.15) is 0 Å². The van der Waals surface area contributed by atoms with Crippen molar-refractivity contribution in [3.05, 3.63) is 35.6 Å². The fourth-order valence-electron chi connectivity index (χ4n) is 2.04. The maximum atomic E-state index is 14.2. The van der Waals surface area contributed by atoms with Crippen LogP contribution in [0.15, 0.2) is 33.4 Å². The molecule has 0 unspecified atom stereocenters. The van der Waals surface area contributed by atoms with Crippen molar-refractivity contribution < 1.29 is 45.4 Å². The first-order valence-corrected chi connectivity index (χ1v) is 10.1. The summed E-state index contributed by atoms with van der Waals surface area (Å²) in [6.45, 7) is 2.27. The summed E-state index contributed by atoms with van der Waals surface area (Å²) < 4.78 is 79.2. The number of carbonyl (C=O) groups excluding carboxylic acids is 2. The lowest BCUT2D eigenvalue weighted by atomic mass is 10.1. The average Bonchev–Trinajstić information content (AvgIpc) is 2.97. The van der Waals surface area contributed by atoms with Gasteiger partial charge >= 0.3 is 6.36 Å². The Morgan fingerprint density at radius 2 is 1.80 bits per heavy atom. The first kappa shape index (κ1) is 23.6. The summed E-state index contributed by atoms with van der Waals surface area (Å²) in [6.07, 6.45) is -5.11. The zero-order chi connectivity index (χ0) is 23.1. The van der Waals surface area contributed by atoms with Gasteiger partial charge in [0.2, 0.25) is 9.84 Å². The number of alkyl halides is 3. The zero-order valence-electron chi connectivity index (χ0n) is 15.2. The number of aliphatic hydroxyl groups is 1. The van der Waals surface area contributed by atoms with Crippen molar-refractivity contribution in [2.45, 2.75) is 34.9 Å². The van der Waals surface area contributed by atoms with Crippen LogP contribution in [-0.2, 0) is 14.6 Å².